The maximum Gasteiger partial charge on any atom is 0.373 e. The van der Waals surface area contributed by atoms with Crippen LogP contribution in [0.3, 0.4) is 0 Å². The largest absolute Gasteiger partial charge is 0.508 e. The van der Waals surface area contributed by atoms with Gasteiger partial charge in [0.1, 0.15) is 5.75 Å². The Hall–Kier alpha value is -1.55. The van der Waals surface area contributed by atoms with Crippen molar-refractivity contribution in [3.63, 3.8) is 0 Å². The van der Waals surface area contributed by atoms with Crippen molar-refractivity contribution < 1.29 is 19.7 Å². The molecule has 1 rings (SSSR count). The minimum absolute atomic E-state index is 0.0144. The van der Waals surface area contributed by atoms with Gasteiger partial charge >= 0.3 is 5.97 Å². The van der Waals surface area contributed by atoms with Gasteiger partial charge in [-0.3, -0.25) is 4.89 Å². The van der Waals surface area contributed by atoms with Crippen molar-refractivity contribution in [3.8, 4) is 5.75 Å². The third-order valence-corrected chi connectivity index (χ3v) is 1.24. The number of carbonyl (C=O) groups excluding carboxylic acids is 1. The van der Waals surface area contributed by atoms with Crippen LogP contribution in [0.15, 0.2) is 24.3 Å². The van der Waals surface area contributed by atoms with E-state index in [0.29, 0.717) is 0 Å². The summed E-state index contributed by atoms with van der Waals surface area (Å²) < 4.78 is 0. The highest BCUT2D eigenvalue weighted by Crippen LogP contribution is 2.11. The van der Waals surface area contributed by atoms with E-state index in [2.05, 4.69) is 9.78 Å². The molecule has 12 heavy (non-hydrogen) atoms. The molecule has 1 N–H and O–H groups in total. The number of aromatic hydroxyl groups is 1. The predicted molar refractivity (Wildman–Crippen MR) is 40.5 cm³/mol. The van der Waals surface area contributed by atoms with Crippen molar-refractivity contribution >= 4 is 5.97 Å². The van der Waals surface area contributed by atoms with E-state index in [0.717, 1.165) is 0 Å². The molecule has 0 amide bonds. The molecule has 0 bridgehead atoms. The number of rotatable bonds is 2. The first kappa shape index (κ1) is 8.55. The average Bonchev–Trinajstić information content (AvgIpc) is 2.05. The zero-order chi connectivity index (χ0) is 8.97. The van der Waals surface area contributed by atoms with Crippen molar-refractivity contribution in [2.75, 3.05) is 7.11 Å². The van der Waals surface area contributed by atoms with E-state index >= 15 is 0 Å². The molecule has 0 aliphatic rings. The number of hydrogen-bond acceptors (Lipinski definition) is 4. The smallest absolute Gasteiger partial charge is 0.373 e. The molecular formula is C8H8O4. The number of hydrogen-bond donors (Lipinski definition) is 1. The Morgan fingerprint density at radius 1 is 1.50 bits per heavy atom. The van der Waals surface area contributed by atoms with Crippen LogP contribution in [0, 0.1) is 0 Å². The summed E-state index contributed by atoms with van der Waals surface area (Å²) >= 11 is 0. The molecule has 0 saturated carbocycles. The summed E-state index contributed by atoms with van der Waals surface area (Å²) in [5, 5.41) is 8.98. The molecule has 0 atom stereocenters. The van der Waals surface area contributed by atoms with Crippen molar-refractivity contribution in [1.82, 2.24) is 0 Å². The lowest BCUT2D eigenvalue weighted by Crippen LogP contribution is -2.03. The molecule has 0 saturated heterocycles. The molecule has 0 radical (unpaired) electrons. The molecule has 1 aromatic carbocycles. The summed E-state index contributed by atoms with van der Waals surface area (Å²) in [5.74, 6) is -0.617. The highest BCUT2D eigenvalue weighted by Gasteiger charge is 2.06. The van der Waals surface area contributed by atoms with E-state index in [4.69, 9.17) is 5.11 Å². The van der Waals surface area contributed by atoms with Crippen LogP contribution in [-0.2, 0) is 9.78 Å². The SMILES string of the molecule is COOC(=O)c1cccc(O)c1. The summed E-state index contributed by atoms with van der Waals surface area (Å²) in [4.78, 5) is 19.3. The van der Waals surface area contributed by atoms with Gasteiger partial charge in [0.15, 0.2) is 0 Å². The molecule has 1 aromatic rings. The first-order valence-electron chi connectivity index (χ1n) is 3.28. The van der Waals surface area contributed by atoms with Crippen molar-refractivity contribution in [2.24, 2.45) is 0 Å². The zero-order valence-electron chi connectivity index (χ0n) is 6.48. The molecule has 4 heteroatoms. The lowest BCUT2D eigenvalue weighted by molar-refractivity contribution is -0.216. The molecular weight excluding hydrogens is 160 g/mol. The van der Waals surface area contributed by atoms with Gasteiger partial charge in [0, 0.05) is 0 Å². The molecule has 0 unspecified atom stereocenters. The Balaban J connectivity index is 2.81. The van der Waals surface area contributed by atoms with Crippen LogP contribution in [0.25, 0.3) is 0 Å². The lowest BCUT2D eigenvalue weighted by Gasteiger charge is -1.99. The number of phenolic OH excluding ortho intramolecular Hbond substituents is 1. The van der Waals surface area contributed by atoms with Gasteiger partial charge in [-0.05, 0) is 18.2 Å². The summed E-state index contributed by atoms with van der Waals surface area (Å²) in [5.41, 5.74) is 0.247. The Bertz CT molecular complexity index is 282. The standard InChI is InChI=1S/C8H8O4/c1-11-12-8(10)6-3-2-4-7(9)5-6/h2-5,9H,1H3. The van der Waals surface area contributed by atoms with Gasteiger partial charge in [0.25, 0.3) is 0 Å². The first-order valence-corrected chi connectivity index (χ1v) is 3.28. The van der Waals surface area contributed by atoms with Crippen LogP contribution in [0.2, 0.25) is 0 Å². The predicted octanol–water partition coefficient (Wildman–Crippen LogP) is 1.11. The topological polar surface area (TPSA) is 55.8 Å². The fourth-order valence-electron chi connectivity index (χ4n) is 0.757. The zero-order valence-corrected chi connectivity index (χ0v) is 6.48. The molecule has 4 nitrogen and oxygen atoms in total. The van der Waals surface area contributed by atoms with Gasteiger partial charge in [-0.25, -0.2) is 4.79 Å². The number of phenols is 1. The number of carbonyl (C=O) groups is 1. The summed E-state index contributed by atoms with van der Waals surface area (Å²) in [6.07, 6.45) is 0. The van der Waals surface area contributed by atoms with Crippen LogP contribution in [0.1, 0.15) is 10.4 Å². The van der Waals surface area contributed by atoms with Gasteiger partial charge in [0.2, 0.25) is 0 Å². The Morgan fingerprint density at radius 3 is 2.83 bits per heavy atom. The Kier molecular flexibility index (Phi) is 2.66. The Morgan fingerprint density at radius 2 is 2.25 bits per heavy atom. The maximum absolute atomic E-state index is 10.9. The van der Waals surface area contributed by atoms with E-state index in [1.165, 1.54) is 25.3 Å². The van der Waals surface area contributed by atoms with E-state index in [-0.39, 0.29) is 11.3 Å². The second-order valence-corrected chi connectivity index (χ2v) is 2.09. The van der Waals surface area contributed by atoms with Crippen LogP contribution < -0.4 is 0 Å². The van der Waals surface area contributed by atoms with Gasteiger partial charge in [0.05, 0.1) is 12.7 Å². The van der Waals surface area contributed by atoms with Crippen molar-refractivity contribution in [1.29, 1.82) is 0 Å². The first-order chi connectivity index (χ1) is 5.74. The normalized spacial score (nSPS) is 9.42. The van der Waals surface area contributed by atoms with Crippen LogP contribution in [0.4, 0.5) is 0 Å². The van der Waals surface area contributed by atoms with Crippen LogP contribution in [-0.4, -0.2) is 18.2 Å². The number of benzene rings is 1. The second kappa shape index (κ2) is 3.73. The maximum atomic E-state index is 10.9. The minimum atomic E-state index is -0.631. The highest BCUT2D eigenvalue weighted by molar-refractivity contribution is 5.89. The van der Waals surface area contributed by atoms with E-state index < -0.39 is 5.97 Å². The minimum Gasteiger partial charge on any atom is -0.508 e. The molecule has 0 fully saturated rings. The quantitative estimate of drug-likeness (QED) is 0.530. The third kappa shape index (κ3) is 1.96. The fraction of sp³-hybridized carbons (Fsp3) is 0.125. The fourth-order valence-corrected chi connectivity index (χ4v) is 0.757. The summed E-state index contributed by atoms with van der Waals surface area (Å²) in [6.45, 7) is 0. The van der Waals surface area contributed by atoms with Gasteiger partial charge in [-0.1, -0.05) is 6.07 Å². The van der Waals surface area contributed by atoms with E-state index in [9.17, 15) is 4.79 Å². The third-order valence-electron chi connectivity index (χ3n) is 1.24. The molecule has 0 aliphatic carbocycles. The summed E-state index contributed by atoms with van der Waals surface area (Å²) in [7, 11) is 1.24. The van der Waals surface area contributed by atoms with Crippen molar-refractivity contribution in [2.45, 2.75) is 0 Å². The molecule has 64 valence electrons. The van der Waals surface area contributed by atoms with Crippen molar-refractivity contribution in [3.05, 3.63) is 29.8 Å². The second-order valence-electron chi connectivity index (χ2n) is 2.09. The molecule has 0 heterocycles. The highest BCUT2D eigenvalue weighted by atomic mass is 17.2. The molecule has 0 aliphatic heterocycles. The van der Waals surface area contributed by atoms with Gasteiger partial charge in [-0.2, -0.15) is 4.89 Å². The monoisotopic (exact) mass is 168 g/mol. The van der Waals surface area contributed by atoms with Gasteiger partial charge < -0.3 is 5.11 Å². The average molecular weight is 168 g/mol. The Labute approximate surface area is 69.3 Å². The van der Waals surface area contributed by atoms with Gasteiger partial charge in [-0.15, -0.1) is 0 Å². The van der Waals surface area contributed by atoms with E-state index in [1.54, 1.807) is 6.07 Å². The molecule has 0 spiro atoms. The molecule has 0 aromatic heterocycles. The summed E-state index contributed by atoms with van der Waals surface area (Å²) in [6, 6.07) is 5.81. The van der Waals surface area contributed by atoms with Crippen LogP contribution >= 0.6 is 0 Å². The lowest BCUT2D eigenvalue weighted by atomic mass is 10.2. The van der Waals surface area contributed by atoms with E-state index in [1.807, 2.05) is 0 Å². The van der Waals surface area contributed by atoms with Crippen LogP contribution in [0.5, 0.6) is 5.75 Å².